The number of ether oxygens (including phenoxy) is 1. The van der Waals surface area contributed by atoms with E-state index in [9.17, 15) is 15.0 Å². The predicted octanol–water partition coefficient (Wildman–Crippen LogP) is -2.01. The van der Waals surface area contributed by atoms with Crippen LogP contribution in [0.3, 0.4) is 0 Å². The molecule has 0 aromatic carbocycles. The Morgan fingerprint density at radius 2 is 2.00 bits per heavy atom. The zero-order chi connectivity index (χ0) is 11.6. The molecular formula is C9H17NO5. The molecule has 1 rings (SSSR count). The largest absolute Gasteiger partial charge is 0.394 e. The second-order valence-corrected chi connectivity index (χ2v) is 3.77. The number of hydrogen-bond acceptors (Lipinski definition) is 5. The van der Waals surface area contributed by atoms with Crippen LogP contribution in [0.2, 0.25) is 0 Å². The van der Waals surface area contributed by atoms with Crippen molar-refractivity contribution < 1.29 is 24.9 Å². The van der Waals surface area contributed by atoms with Crippen LogP contribution in [0.25, 0.3) is 0 Å². The number of amides is 1. The van der Waals surface area contributed by atoms with Gasteiger partial charge < -0.3 is 25.4 Å². The van der Waals surface area contributed by atoms with E-state index >= 15 is 0 Å². The fourth-order valence-corrected chi connectivity index (χ4v) is 1.74. The molecule has 0 spiro atoms. The average Bonchev–Trinajstić information content (AvgIpc) is 2.18. The fourth-order valence-electron chi connectivity index (χ4n) is 1.74. The second kappa shape index (κ2) is 4.89. The van der Waals surface area contributed by atoms with Crippen LogP contribution in [-0.2, 0) is 9.53 Å². The molecule has 6 nitrogen and oxygen atoms in total. The highest BCUT2D eigenvalue weighted by atomic mass is 16.5. The van der Waals surface area contributed by atoms with E-state index in [2.05, 4.69) is 5.32 Å². The first kappa shape index (κ1) is 12.4. The minimum atomic E-state index is -1.19. The van der Waals surface area contributed by atoms with Gasteiger partial charge in [0.05, 0.1) is 18.8 Å². The average molecular weight is 219 g/mol. The van der Waals surface area contributed by atoms with Crippen molar-refractivity contribution in [2.24, 2.45) is 0 Å². The van der Waals surface area contributed by atoms with Crippen LogP contribution in [-0.4, -0.2) is 58.3 Å². The maximum atomic E-state index is 10.9. The van der Waals surface area contributed by atoms with E-state index in [1.54, 1.807) is 6.92 Å². The fraction of sp³-hybridized carbons (Fsp3) is 0.889. The summed E-state index contributed by atoms with van der Waals surface area (Å²) in [4.78, 5) is 10.9. The van der Waals surface area contributed by atoms with Crippen LogP contribution in [0.4, 0.5) is 0 Å². The minimum absolute atomic E-state index is 0.302. The smallest absolute Gasteiger partial charge is 0.217 e. The second-order valence-electron chi connectivity index (χ2n) is 3.77. The number of rotatable bonds is 2. The number of nitrogens with one attached hydrogen (secondary N) is 1. The highest BCUT2D eigenvalue weighted by Gasteiger charge is 2.42. The zero-order valence-electron chi connectivity index (χ0n) is 8.75. The lowest BCUT2D eigenvalue weighted by Crippen LogP contribution is -2.63. The van der Waals surface area contributed by atoms with Gasteiger partial charge in [0.15, 0.2) is 0 Å². The standard InChI is InChI=1S/C9H17NO5/c1-4-7(10-5(2)12)9(14)8(13)6(3-11)15-4/h4,6-9,11,13-14H,3H2,1-2H3,(H,10,12)/t4-,6+,7-,8-,9+/m1/s1. The lowest BCUT2D eigenvalue weighted by atomic mass is 9.93. The van der Waals surface area contributed by atoms with Gasteiger partial charge >= 0.3 is 0 Å². The van der Waals surface area contributed by atoms with Crippen LogP contribution in [0.15, 0.2) is 0 Å². The molecule has 1 heterocycles. The summed E-state index contributed by atoms with van der Waals surface area (Å²) in [6.07, 6.45) is -3.58. The number of aliphatic hydroxyl groups excluding tert-OH is 3. The molecule has 0 aromatic heterocycles. The lowest BCUT2D eigenvalue weighted by molar-refractivity contribution is -0.190. The van der Waals surface area contributed by atoms with Gasteiger partial charge in [0.2, 0.25) is 5.91 Å². The Morgan fingerprint density at radius 1 is 1.40 bits per heavy atom. The quantitative estimate of drug-likeness (QED) is 0.430. The molecule has 5 atom stereocenters. The van der Waals surface area contributed by atoms with Crippen molar-refractivity contribution in [1.82, 2.24) is 5.32 Å². The van der Waals surface area contributed by atoms with Gasteiger partial charge in [-0.05, 0) is 6.92 Å². The highest BCUT2D eigenvalue weighted by Crippen LogP contribution is 2.20. The van der Waals surface area contributed by atoms with Crippen LogP contribution >= 0.6 is 0 Å². The third kappa shape index (κ3) is 2.66. The molecule has 6 heteroatoms. The maximum absolute atomic E-state index is 10.9. The summed E-state index contributed by atoms with van der Waals surface area (Å²) in [5, 5.41) is 30.6. The van der Waals surface area contributed by atoms with E-state index in [1.165, 1.54) is 6.92 Å². The zero-order valence-corrected chi connectivity index (χ0v) is 8.75. The van der Waals surface area contributed by atoms with Crippen molar-refractivity contribution in [2.75, 3.05) is 6.61 Å². The van der Waals surface area contributed by atoms with Gasteiger partial charge in [-0.2, -0.15) is 0 Å². The van der Waals surface area contributed by atoms with E-state index < -0.39 is 30.5 Å². The van der Waals surface area contributed by atoms with Gasteiger partial charge in [-0.3, -0.25) is 4.79 Å². The van der Waals surface area contributed by atoms with E-state index in [0.717, 1.165) is 0 Å². The Kier molecular flexibility index (Phi) is 4.04. The summed E-state index contributed by atoms with van der Waals surface area (Å²) < 4.78 is 5.26. The summed E-state index contributed by atoms with van der Waals surface area (Å²) in [7, 11) is 0. The Balaban J connectivity index is 2.70. The monoisotopic (exact) mass is 219 g/mol. The Hall–Kier alpha value is -0.690. The molecular weight excluding hydrogens is 202 g/mol. The first-order valence-electron chi connectivity index (χ1n) is 4.87. The summed E-state index contributed by atoms with van der Waals surface area (Å²) in [6.45, 7) is 2.62. The summed E-state index contributed by atoms with van der Waals surface area (Å²) >= 11 is 0. The van der Waals surface area contributed by atoms with Gasteiger partial charge in [0.25, 0.3) is 0 Å². The van der Waals surface area contributed by atoms with Gasteiger partial charge in [-0.1, -0.05) is 0 Å². The van der Waals surface area contributed by atoms with Crippen LogP contribution < -0.4 is 5.32 Å². The van der Waals surface area contributed by atoms with Crippen molar-refractivity contribution in [3.8, 4) is 0 Å². The third-order valence-electron chi connectivity index (χ3n) is 2.54. The molecule has 0 aromatic rings. The molecule has 1 amide bonds. The van der Waals surface area contributed by atoms with Gasteiger partial charge in [-0.25, -0.2) is 0 Å². The van der Waals surface area contributed by atoms with Crippen molar-refractivity contribution in [3.05, 3.63) is 0 Å². The topological polar surface area (TPSA) is 99.0 Å². The van der Waals surface area contributed by atoms with Crippen molar-refractivity contribution in [3.63, 3.8) is 0 Å². The first-order valence-corrected chi connectivity index (χ1v) is 4.87. The van der Waals surface area contributed by atoms with E-state index in [0.29, 0.717) is 0 Å². The molecule has 0 saturated carbocycles. The number of hydrogen-bond donors (Lipinski definition) is 4. The van der Waals surface area contributed by atoms with Gasteiger partial charge in [0, 0.05) is 6.92 Å². The van der Waals surface area contributed by atoms with Crippen molar-refractivity contribution >= 4 is 5.91 Å². The van der Waals surface area contributed by atoms with Crippen molar-refractivity contribution in [2.45, 2.75) is 44.3 Å². The van der Waals surface area contributed by atoms with Gasteiger partial charge in [0.1, 0.15) is 18.3 Å². The highest BCUT2D eigenvalue weighted by molar-refractivity contribution is 5.73. The first-order chi connectivity index (χ1) is 6.97. The summed E-state index contributed by atoms with van der Waals surface area (Å²) in [5.41, 5.74) is 0. The number of carbonyl (C=O) groups is 1. The molecule has 88 valence electrons. The van der Waals surface area contributed by atoms with E-state index in [1.807, 2.05) is 0 Å². The maximum Gasteiger partial charge on any atom is 0.217 e. The Morgan fingerprint density at radius 3 is 2.47 bits per heavy atom. The normalized spacial score (nSPS) is 41.3. The Labute approximate surface area is 87.9 Å². The summed E-state index contributed by atoms with van der Waals surface area (Å²) in [5.74, 6) is -0.302. The van der Waals surface area contributed by atoms with Crippen LogP contribution in [0.5, 0.6) is 0 Å². The van der Waals surface area contributed by atoms with E-state index in [4.69, 9.17) is 9.84 Å². The molecule has 0 aliphatic carbocycles. The summed E-state index contributed by atoms with van der Waals surface area (Å²) in [6, 6.07) is -0.653. The molecule has 1 aliphatic heterocycles. The molecule has 15 heavy (non-hydrogen) atoms. The number of carbonyl (C=O) groups excluding carboxylic acids is 1. The Bertz CT molecular complexity index is 235. The van der Waals surface area contributed by atoms with Gasteiger partial charge in [-0.15, -0.1) is 0 Å². The molecule has 0 radical (unpaired) electrons. The SMILES string of the molecule is CC(=O)N[C@H]1[C@H](O)[C@H](O)[C@H](CO)O[C@@H]1C. The molecule has 1 aliphatic rings. The molecule has 4 N–H and O–H groups in total. The molecule has 0 unspecified atom stereocenters. The predicted molar refractivity (Wildman–Crippen MR) is 51.0 cm³/mol. The van der Waals surface area contributed by atoms with E-state index in [-0.39, 0.29) is 12.5 Å². The van der Waals surface area contributed by atoms with Crippen LogP contribution in [0.1, 0.15) is 13.8 Å². The molecule has 1 fully saturated rings. The third-order valence-corrected chi connectivity index (χ3v) is 2.54. The number of aliphatic hydroxyl groups is 3. The van der Waals surface area contributed by atoms with Crippen molar-refractivity contribution in [1.29, 1.82) is 0 Å². The minimum Gasteiger partial charge on any atom is -0.394 e. The van der Waals surface area contributed by atoms with Crippen LogP contribution in [0, 0.1) is 0 Å². The molecule has 1 saturated heterocycles. The molecule has 0 bridgehead atoms. The lowest BCUT2D eigenvalue weighted by Gasteiger charge is -2.41.